The molecule has 1 rings (SSSR count). The van der Waals surface area contributed by atoms with E-state index in [0.29, 0.717) is 0 Å². The molecule has 0 radical (unpaired) electrons. The summed E-state index contributed by atoms with van der Waals surface area (Å²) in [6, 6.07) is 0. The molecule has 1 aliphatic heterocycles. The SMILES string of the molecule is O=C1CCC(=O)N1CCCCOS(=O)(=O)C(F)(F)F. The molecule has 0 aliphatic carbocycles. The maximum Gasteiger partial charge on any atom is 0.523 e. The van der Waals surface area contributed by atoms with E-state index in [1.165, 1.54) is 0 Å². The zero-order chi connectivity index (χ0) is 14.7. The van der Waals surface area contributed by atoms with Gasteiger partial charge in [0.2, 0.25) is 11.8 Å². The van der Waals surface area contributed by atoms with Crippen molar-refractivity contribution < 1.29 is 35.4 Å². The largest absolute Gasteiger partial charge is 0.523 e. The zero-order valence-electron chi connectivity index (χ0n) is 9.77. The second-order valence-corrected chi connectivity index (χ2v) is 5.47. The maximum atomic E-state index is 11.9. The van der Waals surface area contributed by atoms with Gasteiger partial charge < -0.3 is 0 Å². The topological polar surface area (TPSA) is 80.8 Å². The smallest absolute Gasteiger partial charge is 0.283 e. The van der Waals surface area contributed by atoms with E-state index in [1.54, 1.807) is 0 Å². The molecule has 0 aromatic rings. The Morgan fingerprint density at radius 2 is 1.63 bits per heavy atom. The molecule has 6 nitrogen and oxygen atoms in total. The van der Waals surface area contributed by atoms with E-state index >= 15 is 0 Å². The minimum absolute atomic E-state index is 0.00757. The van der Waals surface area contributed by atoms with Crippen molar-refractivity contribution in [2.45, 2.75) is 31.2 Å². The zero-order valence-corrected chi connectivity index (χ0v) is 10.6. The van der Waals surface area contributed by atoms with Crippen LogP contribution in [0.15, 0.2) is 0 Å². The molecule has 0 unspecified atom stereocenters. The van der Waals surface area contributed by atoms with Crippen molar-refractivity contribution in [1.82, 2.24) is 4.90 Å². The molecule has 0 aromatic heterocycles. The molecule has 0 bridgehead atoms. The Hall–Kier alpha value is -1.16. The Balaban J connectivity index is 2.26. The van der Waals surface area contributed by atoms with Crippen molar-refractivity contribution in [2.75, 3.05) is 13.2 Å². The van der Waals surface area contributed by atoms with Gasteiger partial charge in [-0.1, -0.05) is 0 Å². The Kier molecular flexibility index (Phi) is 4.91. The van der Waals surface area contributed by atoms with Crippen LogP contribution in [-0.4, -0.2) is 43.8 Å². The summed E-state index contributed by atoms with van der Waals surface area (Å²) in [6.45, 7) is -0.578. The van der Waals surface area contributed by atoms with Crippen LogP contribution in [0.3, 0.4) is 0 Å². The number of rotatable bonds is 6. The molecule has 1 heterocycles. The van der Waals surface area contributed by atoms with E-state index in [2.05, 4.69) is 4.18 Å². The highest BCUT2D eigenvalue weighted by molar-refractivity contribution is 7.87. The Bertz CT molecular complexity index is 443. The number of nitrogens with zero attached hydrogens (tertiary/aromatic N) is 1. The van der Waals surface area contributed by atoms with Crippen LogP contribution in [0.2, 0.25) is 0 Å². The lowest BCUT2D eigenvalue weighted by atomic mass is 10.3. The summed E-state index contributed by atoms with van der Waals surface area (Å²) in [4.78, 5) is 23.3. The molecule has 0 aromatic carbocycles. The van der Waals surface area contributed by atoms with Gasteiger partial charge in [0.05, 0.1) is 6.61 Å². The number of hydrogen-bond acceptors (Lipinski definition) is 5. The highest BCUT2D eigenvalue weighted by atomic mass is 32.2. The van der Waals surface area contributed by atoms with Crippen molar-refractivity contribution in [3.05, 3.63) is 0 Å². The van der Waals surface area contributed by atoms with Crippen molar-refractivity contribution in [3.8, 4) is 0 Å². The first kappa shape index (κ1) is 15.9. The van der Waals surface area contributed by atoms with Crippen LogP contribution in [0.1, 0.15) is 25.7 Å². The lowest BCUT2D eigenvalue weighted by Crippen LogP contribution is -2.30. The molecule has 2 amide bonds. The van der Waals surface area contributed by atoms with Gasteiger partial charge in [0.15, 0.2) is 0 Å². The quantitative estimate of drug-likeness (QED) is 0.313. The number of alkyl halides is 3. The Morgan fingerprint density at radius 3 is 2.11 bits per heavy atom. The summed E-state index contributed by atoms with van der Waals surface area (Å²) >= 11 is 0. The van der Waals surface area contributed by atoms with Gasteiger partial charge in [-0.25, -0.2) is 0 Å². The third-order valence-corrected chi connectivity index (χ3v) is 3.50. The number of halogens is 3. The lowest BCUT2D eigenvalue weighted by molar-refractivity contribution is -0.138. The van der Waals surface area contributed by atoms with Crippen LogP contribution < -0.4 is 0 Å². The molecule has 0 spiro atoms. The second kappa shape index (κ2) is 5.87. The van der Waals surface area contributed by atoms with E-state index in [-0.39, 0.29) is 44.0 Å². The molecule has 110 valence electrons. The third-order valence-electron chi connectivity index (χ3n) is 2.45. The van der Waals surface area contributed by atoms with E-state index in [1.807, 2.05) is 0 Å². The first-order chi connectivity index (χ1) is 8.65. The van der Waals surface area contributed by atoms with Crippen LogP contribution in [0.5, 0.6) is 0 Å². The maximum absolute atomic E-state index is 11.9. The van der Waals surface area contributed by atoms with E-state index in [0.717, 1.165) is 4.90 Å². The molecule has 0 atom stereocenters. The monoisotopic (exact) mass is 303 g/mol. The van der Waals surface area contributed by atoms with Crippen LogP contribution in [0.25, 0.3) is 0 Å². The second-order valence-electron chi connectivity index (χ2n) is 3.87. The molecular formula is C9H12F3NO5S. The normalized spacial score (nSPS) is 17.3. The summed E-state index contributed by atoms with van der Waals surface area (Å²) in [7, 11) is -5.57. The minimum atomic E-state index is -5.57. The molecule has 19 heavy (non-hydrogen) atoms. The predicted octanol–water partition coefficient (Wildman–Crippen LogP) is 0.782. The number of likely N-dealkylation sites (tertiary alicyclic amines) is 1. The summed E-state index contributed by atoms with van der Waals surface area (Å²) in [5.74, 6) is -0.650. The Morgan fingerprint density at radius 1 is 1.11 bits per heavy atom. The fraction of sp³-hybridized carbons (Fsp3) is 0.778. The summed E-state index contributed by atoms with van der Waals surface area (Å²) in [5, 5.41) is 0. The molecule has 0 N–H and O–H groups in total. The third kappa shape index (κ3) is 4.16. The average molecular weight is 303 g/mol. The van der Waals surface area contributed by atoms with Gasteiger partial charge in [-0.05, 0) is 12.8 Å². The van der Waals surface area contributed by atoms with E-state index in [9.17, 15) is 31.2 Å². The first-order valence-corrected chi connectivity index (χ1v) is 6.85. The molecule has 1 fully saturated rings. The van der Waals surface area contributed by atoms with Gasteiger partial charge in [-0.3, -0.25) is 18.7 Å². The van der Waals surface area contributed by atoms with E-state index in [4.69, 9.17) is 0 Å². The predicted molar refractivity (Wildman–Crippen MR) is 56.1 cm³/mol. The van der Waals surface area contributed by atoms with Crippen molar-refractivity contribution >= 4 is 21.9 Å². The highest BCUT2D eigenvalue weighted by Crippen LogP contribution is 2.24. The number of unbranched alkanes of at least 4 members (excludes halogenated alkanes) is 1. The van der Waals surface area contributed by atoms with Gasteiger partial charge in [-0.2, -0.15) is 21.6 Å². The summed E-state index contributed by atoms with van der Waals surface area (Å²) in [5.41, 5.74) is -5.44. The number of imide groups is 1. The van der Waals surface area contributed by atoms with Crippen LogP contribution in [0.4, 0.5) is 13.2 Å². The van der Waals surface area contributed by atoms with Gasteiger partial charge in [-0.15, -0.1) is 0 Å². The van der Waals surface area contributed by atoms with Gasteiger partial charge >= 0.3 is 15.6 Å². The Labute approximate surface area is 107 Å². The lowest BCUT2D eigenvalue weighted by Gasteiger charge is -2.13. The average Bonchev–Trinajstić information content (AvgIpc) is 2.58. The molecule has 0 saturated carbocycles. The number of hydrogen-bond donors (Lipinski definition) is 0. The highest BCUT2D eigenvalue weighted by Gasteiger charge is 2.47. The number of carbonyl (C=O) groups excluding carboxylic acids is 2. The van der Waals surface area contributed by atoms with Crippen molar-refractivity contribution in [2.24, 2.45) is 0 Å². The number of carbonyl (C=O) groups is 2. The molecular weight excluding hydrogens is 291 g/mol. The van der Waals surface area contributed by atoms with Gasteiger partial charge in [0, 0.05) is 19.4 Å². The summed E-state index contributed by atoms with van der Waals surface area (Å²) in [6.07, 6.45) is 0.451. The van der Waals surface area contributed by atoms with Gasteiger partial charge in [0.25, 0.3) is 0 Å². The fourth-order valence-electron chi connectivity index (χ4n) is 1.48. The first-order valence-electron chi connectivity index (χ1n) is 5.44. The number of amides is 2. The molecule has 1 saturated heterocycles. The molecule has 10 heteroatoms. The van der Waals surface area contributed by atoms with Crippen LogP contribution >= 0.6 is 0 Å². The molecule has 1 aliphatic rings. The summed E-state index contributed by atoms with van der Waals surface area (Å²) < 4.78 is 60.4. The van der Waals surface area contributed by atoms with Crippen molar-refractivity contribution in [3.63, 3.8) is 0 Å². The standard InChI is InChI=1S/C9H12F3NO5S/c10-9(11,12)19(16,17)18-6-2-1-5-13-7(14)3-4-8(13)15/h1-6H2. The fourth-order valence-corrected chi connectivity index (χ4v) is 1.95. The van der Waals surface area contributed by atoms with Crippen LogP contribution in [0, 0.1) is 0 Å². The van der Waals surface area contributed by atoms with Crippen LogP contribution in [-0.2, 0) is 23.9 Å². The van der Waals surface area contributed by atoms with Crippen molar-refractivity contribution in [1.29, 1.82) is 0 Å². The van der Waals surface area contributed by atoms with E-state index < -0.39 is 22.2 Å². The van der Waals surface area contributed by atoms with Gasteiger partial charge in [0.1, 0.15) is 0 Å². The minimum Gasteiger partial charge on any atom is -0.283 e.